The fourth-order valence-electron chi connectivity index (χ4n) is 5.66. The lowest BCUT2D eigenvalue weighted by molar-refractivity contribution is 0.488. The highest BCUT2D eigenvalue weighted by atomic mass is 32.1. The van der Waals surface area contributed by atoms with Gasteiger partial charge in [0.25, 0.3) is 6.71 Å². The van der Waals surface area contributed by atoms with Crippen LogP contribution in [-0.4, -0.2) is 6.71 Å². The number of fused-ring (bicyclic) bond motifs is 5. The topological polar surface area (TPSA) is 9.23 Å². The van der Waals surface area contributed by atoms with Crippen LogP contribution in [0.2, 0.25) is 0 Å². The zero-order chi connectivity index (χ0) is 21.8. The van der Waals surface area contributed by atoms with Crippen molar-refractivity contribution in [2.24, 2.45) is 0 Å². The monoisotopic (exact) mass is 430 g/mol. The Morgan fingerprint density at radius 1 is 0.812 bits per heavy atom. The first-order valence-electron chi connectivity index (χ1n) is 11.3. The Hall–Kier alpha value is -3.04. The van der Waals surface area contributed by atoms with E-state index in [0.717, 1.165) is 11.5 Å². The Morgan fingerprint density at radius 2 is 1.59 bits per heavy atom. The summed E-state index contributed by atoms with van der Waals surface area (Å²) in [6.45, 7) is 9.41. The largest absolute Gasteiger partial charge is 0.458 e. The van der Waals surface area contributed by atoms with Gasteiger partial charge in [-0.3, -0.25) is 0 Å². The second-order valence-electron chi connectivity index (χ2n) is 10.2. The number of ether oxygens (including phenoxy) is 1. The molecule has 0 aliphatic carbocycles. The molecule has 0 spiro atoms. The van der Waals surface area contributed by atoms with E-state index in [-0.39, 0.29) is 12.1 Å². The van der Waals surface area contributed by atoms with E-state index >= 15 is 0 Å². The quantitative estimate of drug-likeness (QED) is 0.258. The summed E-state index contributed by atoms with van der Waals surface area (Å²) in [5, 5.41) is 3.93. The lowest BCUT2D eigenvalue weighted by Gasteiger charge is -2.33. The minimum absolute atomic E-state index is 0.0971. The average Bonchev–Trinajstić information content (AvgIpc) is 3.10. The van der Waals surface area contributed by atoms with Gasteiger partial charge in [-0.1, -0.05) is 74.8 Å². The van der Waals surface area contributed by atoms with Gasteiger partial charge in [-0.2, -0.15) is 0 Å². The summed E-state index contributed by atoms with van der Waals surface area (Å²) in [6, 6.07) is 24.7. The molecular weight excluding hydrogens is 407 g/mol. The molecule has 0 unspecified atom stereocenters. The molecule has 4 aromatic carbocycles. The lowest BCUT2D eigenvalue weighted by Crippen LogP contribution is -2.57. The minimum Gasteiger partial charge on any atom is -0.458 e. The van der Waals surface area contributed by atoms with E-state index in [2.05, 4.69) is 94.4 Å². The van der Waals surface area contributed by atoms with Crippen LogP contribution in [0.4, 0.5) is 0 Å². The fraction of sp³-hybridized carbons (Fsp3) is 0.172. The molecule has 5 aromatic rings. The molecule has 7 rings (SSSR count). The molecule has 1 nitrogen and oxygen atoms in total. The Morgan fingerprint density at radius 3 is 2.38 bits per heavy atom. The number of benzene rings is 4. The van der Waals surface area contributed by atoms with Crippen LogP contribution < -0.4 is 21.1 Å². The number of rotatable bonds is 0. The van der Waals surface area contributed by atoms with E-state index in [1.807, 2.05) is 11.3 Å². The fourth-order valence-corrected chi connectivity index (χ4v) is 6.81. The van der Waals surface area contributed by atoms with Gasteiger partial charge < -0.3 is 4.74 Å². The van der Waals surface area contributed by atoms with Gasteiger partial charge in [0.2, 0.25) is 0 Å². The molecule has 2 aliphatic rings. The summed E-state index contributed by atoms with van der Waals surface area (Å²) in [7, 11) is 0. The molecular formula is C29H23BOS. The number of hydrogen-bond donors (Lipinski definition) is 0. The van der Waals surface area contributed by atoms with E-state index < -0.39 is 0 Å². The van der Waals surface area contributed by atoms with Crippen molar-refractivity contribution in [3.63, 3.8) is 0 Å². The SMILES string of the molecule is Cc1sc2cc(C(C)(C)C)cc3c2c1-c1cccc2c1B3c1cc3ccccc3cc1O2. The van der Waals surface area contributed by atoms with Gasteiger partial charge in [0.15, 0.2) is 0 Å². The predicted octanol–water partition coefficient (Wildman–Crippen LogP) is 6.26. The van der Waals surface area contributed by atoms with Crippen LogP contribution in [0, 0.1) is 6.92 Å². The number of aryl methyl sites for hydroxylation is 1. The molecule has 0 bridgehead atoms. The van der Waals surface area contributed by atoms with Crippen LogP contribution in [0.15, 0.2) is 66.7 Å². The van der Waals surface area contributed by atoms with Crippen molar-refractivity contribution in [2.45, 2.75) is 33.1 Å². The van der Waals surface area contributed by atoms with E-state index in [4.69, 9.17) is 4.74 Å². The van der Waals surface area contributed by atoms with Gasteiger partial charge in [0.05, 0.1) is 0 Å². The zero-order valence-electron chi connectivity index (χ0n) is 18.7. The van der Waals surface area contributed by atoms with E-state index in [9.17, 15) is 0 Å². The highest BCUT2D eigenvalue weighted by Gasteiger charge is 2.40. The van der Waals surface area contributed by atoms with Crippen LogP contribution in [0.1, 0.15) is 31.2 Å². The Kier molecular flexibility index (Phi) is 3.50. The standard InChI is InChI=1S/C29H23BOS/c1-16-26-20-10-7-11-23-28(20)30(21-12-17-8-5-6-9-18(17)13-24(21)31-23)22-14-19(29(2,3)4)15-25(32-16)27(22)26/h5-15H,1-4H3. The summed E-state index contributed by atoms with van der Waals surface area (Å²) < 4.78 is 7.97. The second-order valence-corrected chi connectivity index (χ2v) is 11.5. The van der Waals surface area contributed by atoms with Crippen molar-refractivity contribution in [2.75, 3.05) is 0 Å². The summed E-state index contributed by atoms with van der Waals surface area (Å²) in [6.07, 6.45) is 0. The Labute approximate surface area is 192 Å². The van der Waals surface area contributed by atoms with Gasteiger partial charge in [0, 0.05) is 15.1 Å². The summed E-state index contributed by atoms with van der Waals surface area (Å²) >= 11 is 1.93. The maximum atomic E-state index is 6.56. The highest BCUT2D eigenvalue weighted by Crippen LogP contribution is 2.44. The minimum atomic E-state index is 0.0971. The van der Waals surface area contributed by atoms with E-state index in [0.29, 0.717) is 0 Å². The molecule has 0 saturated heterocycles. The van der Waals surface area contributed by atoms with Crippen molar-refractivity contribution >= 4 is 55.3 Å². The first-order chi connectivity index (χ1) is 15.4. The van der Waals surface area contributed by atoms with Gasteiger partial charge in [-0.15, -0.1) is 11.3 Å². The molecule has 0 saturated carbocycles. The molecule has 0 amide bonds. The van der Waals surface area contributed by atoms with Crippen molar-refractivity contribution in [3.8, 4) is 22.6 Å². The van der Waals surface area contributed by atoms with E-state index in [1.165, 1.54) is 58.8 Å². The first kappa shape index (κ1) is 18.5. The summed E-state index contributed by atoms with van der Waals surface area (Å²) in [5.74, 6) is 1.99. The third kappa shape index (κ3) is 2.35. The van der Waals surface area contributed by atoms with Gasteiger partial charge in [0.1, 0.15) is 11.5 Å². The molecule has 0 atom stereocenters. The smallest absolute Gasteiger partial charge is 0.252 e. The first-order valence-corrected chi connectivity index (χ1v) is 12.1. The van der Waals surface area contributed by atoms with Crippen LogP contribution in [0.5, 0.6) is 11.5 Å². The van der Waals surface area contributed by atoms with E-state index in [1.54, 1.807) is 0 Å². The Bertz CT molecular complexity index is 1600. The zero-order valence-corrected chi connectivity index (χ0v) is 19.6. The number of thiophene rings is 1. The molecule has 32 heavy (non-hydrogen) atoms. The van der Waals surface area contributed by atoms with Crippen LogP contribution in [0.3, 0.4) is 0 Å². The molecule has 3 heteroatoms. The van der Waals surface area contributed by atoms with Crippen LogP contribution in [-0.2, 0) is 5.41 Å². The van der Waals surface area contributed by atoms with Gasteiger partial charge in [-0.25, -0.2) is 0 Å². The molecule has 0 radical (unpaired) electrons. The van der Waals surface area contributed by atoms with Crippen LogP contribution >= 0.6 is 11.3 Å². The normalized spacial score (nSPS) is 13.8. The predicted molar refractivity (Wildman–Crippen MR) is 139 cm³/mol. The maximum absolute atomic E-state index is 6.56. The second kappa shape index (κ2) is 6.05. The molecule has 3 heterocycles. The van der Waals surface area contributed by atoms with Crippen molar-refractivity contribution < 1.29 is 4.74 Å². The lowest BCUT2D eigenvalue weighted by atomic mass is 9.33. The van der Waals surface area contributed by atoms with Crippen LogP contribution in [0.25, 0.3) is 32.0 Å². The Balaban J connectivity index is 1.65. The summed E-state index contributed by atoms with van der Waals surface area (Å²) in [5.41, 5.74) is 8.30. The third-order valence-corrected chi connectivity index (χ3v) is 8.26. The molecule has 0 N–H and O–H groups in total. The molecule has 2 aliphatic heterocycles. The summed E-state index contributed by atoms with van der Waals surface area (Å²) in [4.78, 5) is 1.39. The third-order valence-electron chi connectivity index (χ3n) is 7.21. The molecule has 154 valence electrons. The molecule has 0 fully saturated rings. The van der Waals surface area contributed by atoms with Crippen molar-refractivity contribution in [3.05, 3.63) is 77.2 Å². The van der Waals surface area contributed by atoms with Crippen molar-refractivity contribution in [1.29, 1.82) is 0 Å². The highest BCUT2D eigenvalue weighted by molar-refractivity contribution is 7.20. The molecule has 1 aromatic heterocycles. The van der Waals surface area contributed by atoms with Crippen molar-refractivity contribution in [1.82, 2.24) is 0 Å². The van der Waals surface area contributed by atoms with Gasteiger partial charge >= 0.3 is 0 Å². The number of hydrogen-bond acceptors (Lipinski definition) is 2. The maximum Gasteiger partial charge on any atom is 0.252 e. The average molecular weight is 430 g/mol. The van der Waals surface area contributed by atoms with Gasteiger partial charge in [-0.05, 0) is 68.7 Å².